The summed E-state index contributed by atoms with van der Waals surface area (Å²) in [6.07, 6.45) is 3.03. The minimum Gasteiger partial charge on any atom is -0.480 e. The van der Waals surface area contributed by atoms with Crippen LogP contribution in [0.1, 0.15) is 25.7 Å². The first kappa shape index (κ1) is 16.7. The highest BCUT2D eigenvalue weighted by Gasteiger charge is 2.21. The number of aryl methyl sites for hydroxylation is 1. The summed E-state index contributed by atoms with van der Waals surface area (Å²) in [6, 6.07) is 8.84. The summed E-state index contributed by atoms with van der Waals surface area (Å²) in [5.74, 6) is 0.0601. The van der Waals surface area contributed by atoms with E-state index in [2.05, 4.69) is 4.98 Å². The molecule has 1 unspecified atom stereocenters. The van der Waals surface area contributed by atoms with Gasteiger partial charge in [0.05, 0.1) is 6.20 Å². The molecular formula is C17H20N2O4. The van der Waals surface area contributed by atoms with Gasteiger partial charge in [0, 0.05) is 25.5 Å². The Bertz CT molecular complexity index is 666. The van der Waals surface area contributed by atoms with Crippen LogP contribution < -0.4 is 0 Å². The molecule has 2 aromatic rings. The molecule has 1 atom stereocenters. The predicted octanol–water partition coefficient (Wildman–Crippen LogP) is 2.60. The van der Waals surface area contributed by atoms with Crippen LogP contribution in [0.4, 0.5) is 0 Å². The quantitative estimate of drug-likeness (QED) is 0.849. The zero-order chi connectivity index (χ0) is 16.8. The van der Waals surface area contributed by atoms with Crippen molar-refractivity contribution >= 4 is 11.9 Å². The summed E-state index contributed by atoms with van der Waals surface area (Å²) in [7, 11) is 1.50. The average Bonchev–Trinajstić information content (AvgIpc) is 3.03. The number of carboxylic acid groups (broad SMARTS) is 1. The van der Waals surface area contributed by atoms with Crippen LogP contribution >= 0.6 is 0 Å². The number of amides is 1. The first-order valence-corrected chi connectivity index (χ1v) is 7.47. The maximum absolute atomic E-state index is 11.9. The van der Waals surface area contributed by atoms with Crippen LogP contribution in [0.2, 0.25) is 0 Å². The molecule has 6 heteroatoms. The summed E-state index contributed by atoms with van der Waals surface area (Å²) in [6.45, 7) is 1.49. The molecule has 6 nitrogen and oxygen atoms in total. The number of aliphatic carboxylic acids is 1. The first-order valence-electron chi connectivity index (χ1n) is 7.47. The zero-order valence-electron chi connectivity index (χ0n) is 13.2. The third-order valence-electron chi connectivity index (χ3n) is 3.72. The number of aromatic nitrogens is 1. The summed E-state index contributed by atoms with van der Waals surface area (Å²) in [5.41, 5.74) is 0.956. The Balaban J connectivity index is 1.84. The normalized spacial score (nSPS) is 11.9. The molecule has 0 spiro atoms. The Morgan fingerprint density at radius 1 is 1.30 bits per heavy atom. The second-order valence-electron chi connectivity index (χ2n) is 5.36. The largest absolute Gasteiger partial charge is 0.480 e. The van der Waals surface area contributed by atoms with E-state index in [4.69, 9.17) is 9.52 Å². The fourth-order valence-corrected chi connectivity index (χ4v) is 2.11. The molecule has 1 amide bonds. The van der Waals surface area contributed by atoms with E-state index in [0.29, 0.717) is 24.5 Å². The van der Waals surface area contributed by atoms with Crippen LogP contribution in [0, 0.1) is 0 Å². The molecule has 1 aromatic heterocycles. The lowest BCUT2D eigenvalue weighted by molar-refractivity contribution is -0.148. The second-order valence-corrected chi connectivity index (χ2v) is 5.36. The van der Waals surface area contributed by atoms with E-state index in [1.165, 1.54) is 18.9 Å². The lowest BCUT2D eigenvalue weighted by Crippen LogP contribution is -2.40. The molecule has 1 N–H and O–H groups in total. The lowest BCUT2D eigenvalue weighted by atomic mass is 10.2. The lowest BCUT2D eigenvalue weighted by Gasteiger charge is -2.21. The molecule has 0 radical (unpaired) electrons. The number of carbonyl (C=O) groups excluding carboxylic acids is 1. The van der Waals surface area contributed by atoms with Gasteiger partial charge in [-0.25, -0.2) is 9.78 Å². The number of rotatable bonds is 7. The van der Waals surface area contributed by atoms with Gasteiger partial charge < -0.3 is 14.4 Å². The SMILES string of the molecule is CC(C(=O)O)N(C)C(=O)CCCc1ncc(-c2ccccc2)o1. The highest BCUT2D eigenvalue weighted by atomic mass is 16.4. The summed E-state index contributed by atoms with van der Waals surface area (Å²) < 4.78 is 5.67. The smallest absolute Gasteiger partial charge is 0.326 e. The van der Waals surface area contributed by atoms with E-state index in [0.717, 1.165) is 5.56 Å². The fraction of sp³-hybridized carbons (Fsp3) is 0.353. The number of carboxylic acids is 1. The van der Waals surface area contributed by atoms with Crippen molar-refractivity contribution in [2.45, 2.75) is 32.2 Å². The van der Waals surface area contributed by atoms with E-state index >= 15 is 0 Å². The van der Waals surface area contributed by atoms with Gasteiger partial charge in [0.25, 0.3) is 0 Å². The molecule has 23 heavy (non-hydrogen) atoms. The molecule has 0 aliphatic rings. The molecule has 0 bridgehead atoms. The Kier molecular flexibility index (Phi) is 5.51. The monoisotopic (exact) mass is 316 g/mol. The van der Waals surface area contributed by atoms with Crippen LogP contribution in [-0.4, -0.2) is 40.0 Å². The van der Waals surface area contributed by atoms with Crippen molar-refractivity contribution in [2.24, 2.45) is 0 Å². The molecule has 2 rings (SSSR count). The van der Waals surface area contributed by atoms with Gasteiger partial charge >= 0.3 is 5.97 Å². The highest BCUT2D eigenvalue weighted by molar-refractivity contribution is 5.83. The zero-order valence-corrected chi connectivity index (χ0v) is 13.2. The molecule has 1 aromatic carbocycles. The number of benzene rings is 1. The van der Waals surface area contributed by atoms with Gasteiger partial charge in [-0.05, 0) is 13.3 Å². The summed E-state index contributed by atoms with van der Waals surface area (Å²) in [5, 5.41) is 8.90. The fourth-order valence-electron chi connectivity index (χ4n) is 2.11. The Morgan fingerprint density at radius 2 is 2.00 bits per heavy atom. The minimum absolute atomic E-state index is 0.199. The Labute approximate surface area is 134 Å². The van der Waals surface area contributed by atoms with Crippen molar-refractivity contribution in [3.05, 3.63) is 42.4 Å². The van der Waals surface area contributed by atoms with Crippen molar-refractivity contribution in [1.29, 1.82) is 0 Å². The maximum atomic E-state index is 11.9. The van der Waals surface area contributed by atoms with Crippen LogP contribution in [0.3, 0.4) is 0 Å². The third kappa shape index (κ3) is 4.42. The number of hydrogen-bond acceptors (Lipinski definition) is 4. The average molecular weight is 316 g/mol. The van der Waals surface area contributed by atoms with Gasteiger partial charge in [-0.1, -0.05) is 30.3 Å². The standard InChI is InChI=1S/C17H20N2O4/c1-12(17(21)22)19(2)16(20)10-6-9-15-18-11-14(23-15)13-7-4-3-5-8-13/h3-5,7-8,11-12H,6,9-10H2,1-2H3,(H,21,22). The van der Waals surface area contributed by atoms with Crippen LogP contribution in [-0.2, 0) is 16.0 Å². The molecule has 0 fully saturated rings. The number of hydrogen-bond donors (Lipinski definition) is 1. The summed E-state index contributed by atoms with van der Waals surface area (Å²) in [4.78, 5) is 28.2. The van der Waals surface area contributed by atoms with Gasteiger partial charge in [-0.3, -0.25) is 4.79 Å². The van der Waals surface area contributed by atoms with E-state index in [9.17, 15) is 9.59 Å². The van der Waals surface area contributed by atoms with Crippen LogP contribution in [0.25, 0.3) is 11.3 Å². The number of nitrogens with zero attached hydrogens (tertiary/aromatic N) is 2. The maximum Gasteiger partial charge on any atom is 0.326 e. The Morgan fingerprint density at radius 3 is 2.65 bits per heavy atom. The van der Waals surface area contributed by atoms with E-state index in [1.807, 2.05) is 30.3 Å². The van der Waals surface area contributed by atoms with Gasteiger partial charge in [0.1, 0.15) is 6.04 Å². The molecule has 122 valence electrons. The van der Waals surface area contributed by atoms with Crippen molar-refractivity contribution in [1.82, 2.24) is 9.88 Å². The molecule has 0 aliphatic heterocycles. The molecule has 0 saturated heterocycles. The Hall–Kier alpha value is -2.63. The number of carbonyl (C=O) groups is 2. The van der Waals surface area contributed by atoms with Gasteiger partial charge in [0.15, 0.2) is 11.7 Å². The minimum atomic E-state index is -1.01. The topological polar surface area (TPSA) is 83.6 Å². The van der Waals surface area contributed by atoms with Crippen LogP contribution in [0.15, 0.2) is 40.9 Å². The second kappa shape index (κ2) is 7.58. The molecule has 0 saturated carbocycles. The van der Waals surface area contributed by atoms with Gasteiger partial charge in [-0.15, -0.1) is 0 Å². The van der Waals surface area contributed by atoms with E-state index in [-0.39, 0.29) is 12.3 Å². The van der Waals surface area contributed by atoms with Crippen molar-refractivity contribution in [2.75, 3.05) is 7.05 Å². The van der Waals surface area contributed by atoms with Crippen molar-refractivity contribution in [3.63, 3.8) is 0 Å². The van der Waals surface area contributed by atoms with Crippen molar-refractivity contribution < 1.29 is 19.1 Å². The first-order chi connectivity index (χ1) is 11.0. The van der Waals surface area contributed by atoms with Gasteiger partial charge in [-0.2, -0.15) is 0 Å². The predicted molar refractivity (Wildman–Crippen MR) is 84.7 cm³/mol. The summed E-state index contributed by atoms with van der Waals surface area (Å²) >= 11 is 0. The van der Waals surface area contributed by atoms with Crippen molar-refractivity contribution in [3.8, 4) is 11.3 Å². The van der Waals surface area contributed by atoms with E-state index in [1.54, 1.807) is 6.20 Å². The number of oxazole rings is 1. The van der Waals surface area contributed by atoms with Crippen LogP contribution in [0.5, 0.6) is 0 Å². The molecule has 1 heterocycles. The highest BCUT2D eigenvalue weighted by Crippen LogP contribution is 2.20. The van der Waals surface area contributed by atoms with Gasteiger partial charge in [0.2, 0.25) is 5.91 Å². The molecule has 0 aliphatic carbocycles. The van der Waals surface area contributed by atoms with E-state index < -0.39 is 12.0 Å². The molecular weight excluding hydrogens is 296 g/mol. The third-order valence-corrected chi connectivity index (χ3v) is 3.72. The number of likely N-dealkylation sites (N-methyl/N-ethyl adjacent to an activating group) is 1.